The third-order valence-corrected chi connectivity index (χ3v) is 8.94. The average Bonchev–Trinajstić information content (AvgIpc) is 3.62. The Morgan fingerprint density at radius 1 is 1.00 bits per heavy atom. The molecular weight excluding hydrogens is 728 g/mol. The third kappa shape index (κ3) is 12.3. The van der Waals surface area contributed by atoms with Crippen LogP contribution in [0.4, 0.5) is 0 Å². The van der Waals surface area contributed by atoms with E-state index in [1.807, 2.05) is 0 Å². The number of aliphatic hydroxyl groups is 6. The van der Waals surface area contributed by atoms with Gasteiger partial charge >= 0.3 is 11.9 Å². The van der Waals surface area contributed by atoms with E-state index in [1.54, 1.807) is 45.1 Å². The van der Waals surface area contributed by atoms with Crippen molar-refractivity contribution in [1.82, 2.24) is 10.6 Å². The van der Waals surface area contributed by atoms with E-state index >= 15 is 0 Å². The summed E-state index contributed by atoms with van der Waals surface area (Å²) in [6.45, 7) is 5.21. The van der Waals surface area contributed by atoms with Gasteiger partial charge in [-0.05, 0) is 57.9 Å². The maximum atomic E-state index is 13.4. The van der Waals surface area contributed by atoms with Crippen LogP contribution in [0.25, 0.3) is 6.08 Å². The van der Waals surface area contributed by atoms with E-state index in [2.05, 4.69) is 10.6 Å². The lowest BCUT2D eigenvalue weighted by Crippen LogP contribution is -2.59. The zero-order chi connectivity index (χ0) is 40.4. The molecule has 0 radical (unpaired) electrons. The summed E-state index contributed by atoms with van der Waals surface area (Å²) >= 11 is 0. The van der Waals surface area contributed by atoms with Crippen LogP contribution < -0.4 is 10.6 Å². The molecule has 306 valence electrons. The molecule has 0 spiro atoms. The van der Waals surface area contributed by atoms with Gasteiger partial charge in [-0.1, -0.05) is 24.3 Å². The SMILES string of the molecule is C[C@H](O)[C@@H](NC(=O)C1=C[C@H]2OCO[C@H]2[C@H](OC(=O)c2ccc(C=CCO[C@H]3O[C@H](CO)[C@H](O)[C@H](O)[C@H]3O)cc2)C1)C(=O)N[C@H](CO)CCC(=O)OC(C)(C)C. The first-order valence-corrected chi connectivity index (χ1v) is 18.0. The Balaban J connectivity index is 1.31. The fourth-order valence-corrected chi connectivity index (χ4v) is 6.02. The largest absolute Gasteiger partial charge is 0.460 e. The summed E-state index contributed by atoms with van der Waals surface area (Å²) in [5.41, 5.74) is 0.289. The van der Waals surface area contributed by atoms with Crippen molar-refractivity contribution in [3.63, 3.8) is 0 Å². The van der Waals surface area contributed by atoms with E-state index in [0.29, 0.717) is 5.56 Å². The molecule has 1 aliphatic carbocycles. The van der Waals surface area contributed by atoms with Gasteiger partial charge < -0.3 is 69.7 Å². The van der Waals surface area contributed by atoms with Gasteiger partial charge in [0.25, 0.3) is 0 Å². The molecule has 2 aliphatic heterocycles. The van der Waals surface area contributed by atoms with E-state index in [1.165, 1.54) is 25.1 Å². The van der Waals surface area contributed by atoms with E-state index in [9.17, 15) is 49.8 Å². The molecule has 18 heteroatoms. The number of amides is 2. The van der Waals surface area contributed by atoms with Crippen LogP contribution in [-0.4, -0.2) is 154 Å². The number of fused-ring (bicyclic) bond motifs is 1. The molecule has 0 saturated carbocycles. The number of aliphatic hydroxyl groups excluding tert-OH is 6. The minimum Gasteiger partial charge on any atom is -0.460 e. The number of benzene rings is 1. The van der Waals surface area contributed by atoms with Crippen LogP contribution in [0.1, 0.15) is 62.9 Å². The second-order valence-corrected chi connectivity index (χ2v) is 14.5. The van der Waals surface area contributed by atoms with Gasteiger partial charge in [0, 0.05) is 18.4 Å². The zero-order valence-electron chi connectivity index (χ0n) is 31.1. The minimum absolute atomic E-state index is 0.0517. The molecule has 18 nitrogen and oxygen atoms in total. The van der Waals surface area contributed by atoms with E-state index in [-0.39, 0.29) is 43.8 Å². The highest BCUT2D eigenvalue weighted by Crippen LogP contribution is 2.31. The number of hydrogen-bond donors (Lipinski definition) is 8. The molecule has 2 heterocycles. The van der Waals surface area contributed by atoms with Crippen molar-refractivity contribution in [3.8, 4) is 0 Å². The first-order valence-electron chi connectivity index (χ1n) is 18.0. The maximum Gasteiger partial charge on any atom is 0.338 e. The molecule has 1 aromatic carbocycles. The number of carbonyl (C=O) groups is 4. The zero-order valence-corrected chi connectivity index (χ0v) is 31.1. The first kappa shape index (κ1) is 43.9. The quantitative estimate of drug-likeness (QED) is 0.0895. The Labute approximate surface area is 318 Å². The van der Waals surface area contributed by atoms with Crippen molar-refractivity contribution in [2.45, 2.75) is 120 Å². The molecule has 11 atom stereocenters. The lowest BCUT2D eigenvalue weighted by molar-refractivity contribution is -0.298. The fraction of sp³-hybridized carbons (Fsp3) is 0.622. The smallest absolute Gasteiger partial charge is 0.338 e. The van der Waals surface area contributed by atoms with Crippen LogP contribution in [0, 0.1) is 0 Å². The van der Waals surface area contributed by atoms with Crippen molar-refractivity contribution in [1.29, 1.82) is 0 Å². The van der Waals surface area contributed by atoms with Gasteiger partial charge in [-0.15, -0.1) is 0 Å². The predicted molar refractivity (Wildman–Crippen MR) is 189 cm³/mol. The lowest BCUT2D eigenvalue weighted by atomic mass is 9.91. The summed E-state index contributed by atoms with van der Waals surface area (Å²) in [6, 6.07) is 4.03. The number of nitrogens with one attached hydrogen (secondary N) is 2. The van der Waals surface area contributed by atoms with Gasteiger partial charge in [-0.2, -0.15) is 0 Å². The van der Waals surface area contributed by atoms with Gasteiger partial charge in [0.15, 0.2) is 6.29 Å². The number of hydrogen-bond acceptors (Lipinski definition) is 16. The second kappa shape index (κ2) is 19.9. The van der Waals surface area contributed by atoms with Crippen LogP contribution in [0.5, 0.6) is 0 Å². The van der Waals surface area contributed by atoms with Gasteiger partial charge in [0.05, 0.1) is 37.5 Å². The summed E-state index contributed by atoms with van der Waals surface area (Å²) in [4.78, 5) is 51.9. The topological polar surface area (TPSA) is 269 Å². The molecule has 2 fully saturated rings. The molecule has 0 bridgehead atoms. The molecule has 2 amide bonds. The van der Waals surface area contributed by atoms with E-state index in [0.717, 1.165) is 0 Å². The second-order valence-electron chi connectivity index (χ2n) is 14.5. The molecule has 55 heavy (non-hydrogen) atoms. The molecule has 0 aromatic heterocycles. The molecule has 2 saturated heterocycles. The number of ether oxygens (including phenoxy) is 6. The van der Waals surface area contributed by atoms with Gasteiger partial charge in [0.2, 0.25) is 11.8 Å². The highest BCUT2D eigenvalue weighted by atomic mass is 16.7. The normalized spacial score (nSPS) is 28.4. The van der Waals surface area contributed by atoms with Crippen LogP contribution in [-0.2, 0) is 42.8 Å². The van der Waals surface area contributed by atoms with E-state index < -0.39 is 110 Å². The number of carbonyl (C=O) groups excluding carboxylic acids is 4. The summed E-state index contributed by atoms with van der Waals surface area (Å²) in [5.74, 6) is -2.73. The minimum atomic E-state index is -1.56. The Bertz CT molecular complexity index is 1520. The number of esters is 2. The van der Waals surface area contributed by atoms with Gasteiger partial charge in [0.1, 0.15) is 61.2 Å². The predicted octanol–water partition coefficient (Wildman–Crippen LogP) is -1.42. The Morgan fingerprint density at radius 2 is 1.71 bits per heavy atom. The molecule has 4 rings (SSSR count). The van der Waals surface area contributed by atoms with Crippen molar-refractivity contribution in [2.75, 3.05) is 26.6 Å². The monoisotopic (exact) mass is 780 g/mol. The maximum absolute atomic E-state index is 13.4. The fourth-order valence-electron chi connectivity index (χ4n) is 6.02. The highest BCUT2D eigenvalue weighted by Gasteiger charge is 2.45. The van der Waals surface area contributed by atoms with Crippen LogP contribution >= 0.6 is 0 Å². The summed E-state index contributed by atoms with van der Waals surface area (Å²) in [5, 5.41) is 64.5. The van der Waals surface area contributed by atoms with Crippen molar-refractivity contribution >= 4 is 29.8 Å². The molecule has 8 N–H and O–H groups in total. The highest BCUT2D eigenvalue weighted by molar-refractivity contribution is 5.97. The Morgan fingerprint density at radius 3 is 2.35 bits per heavy atom. The molecule has 1 aromatic rings. The van der Waals surface area contributed by atoms with Gasteiger partial charge in [-0.3, -0.25) is 14.4 Å². The third-order valence-electron chi connectivity index (χ3n) is 8.94. The van der Waals surface area contributed by atoms with Gasteiger partial charge in [-0.25, -0.2) is 4.79 Å². The molecular formula is C37H52N2O16. The molecule has 3 aliphatic rings. The standard InChI is InChI=1S/C37H52N2O16/c1-19(42)28(34(48)38-23(16-40)11-12-27(43)55-37(2,3)4)39-33(47)22-14-24-32(52-18-51-24)25(15-22)53-35(49)21-9-7-20(8-10-21)6-5-13-50-36-31(46)30(45)29(44)26(17-41)54-36/h5-10,14,19,23-26,28-32,36,40-42,44-46H,11-13,15-18H2,1-4H3,(H,38,48)(H,39,47)/t19-,23-,24+,25+,26+,28+,29-,30-,31+,32+,36-/m0/s1. The summed E-state index contributed by atoms with van der Waals surface area (Å²) < 4.78 is 33.0. The van der Waals surface area contributed by atoms with Crippen molar-refractivity contribution in [2.24, 2.45) is 0 Å². The van der Waals surface area contributed by atoms with Crippen LogP contribution in [0.3, 0.4) is 0 Å². The van der Waals surface area contributed by atoms with E-state index in [4.69, 9.17) is 28.4 Å². The first-order chi connectivity index (χ1) is 26.0. The summed E-state index contributed by atoms with van der Waals surface area (Å²) in [7, 11) is 0. The Kier molecular flexibility index (Phi) is 15.9. The number of rotatable bonds is 16. The lowest BCUT2D eigenvalue weighted by Gasteiger charge is -2.39. The van der Waals surface area contributed by atoms with Crippen LogP contribution in [0.15, 0.2) is 42.0 Å². The summed E-state index contributed by atoms with van der Waals surface area (Å²) in [6.07, 6.45) is -6.06. The van der Waals surface area contributed by atoms with Crippen molar-refractivity contribution < 1.29 is 78.2 Å². The molecule has 0 unspecified atom stereocenters. The van der Waals surface area contributed by atoms with Crippen molar-refractivity contribution in [3.05, 3.63) is 53.1 Å². The Hall–Kier alpha value is -3.82. The average molecular weight is 781 g/mol. The van der Waals surface area contributed by atoms with Crippen LogP contribution in [0.2, 0.25) is 0 Å².